The molecule has 0 spiro atoms. The molecule has 1 saturated carbocycles. The molecule has 0 unspecified atom stereocenters. The van der Waals surface area contributed by atoms with Crippen LogP contribution in [0.1, 0.15) is 30.4 Å². The van der Waals surface area contributed by atoms with Gasteiger partial charge in [0.05, 0.1) is 6.10 Å². The first-order valence-electron chi connectivity index (χ1n) is 8.14. The van der Waals surface area contributed by atoms with Gasteiger partial charge in [0, 0.05) is 12.1 Å². The Hall–Kier alpha value is -1.99. The average molecular weight is 346 g/mol. The van der Waals surface area contributed by atoms with Crippen LogP contribution in [0.3, 0.4) is 0 Å². The van der Waals surface area contributed by atoms with Gasteiger partial charge in [-0.1, -0.05) is 28.5 Å². The number of aliphatic hydroxyl groups is 1. The second kappa shape index (κ2) is 7.27. The SMILES string of the molecule is Cc1cc(C)cc(-c2nnc(NC(=O)NC[C@@H]3CC[C@@H](O)C3)s2)c1. The first-order chi connectivity index (χ1) is 11.5. The number of carbonyl (C=O) groups excluding carboxylic acids is 1. The molecule has 1 fully saturated rings. The molecule has 1 aliphatic carbocycles. The number of amides is 2. The molecule has 3 N–H and O–H groups in total. The van der Waals surface area contributed by atoms with Crippen molar-refractivity contribution in [3.05, 3.63) is 29.3 Å². The summed E-state index contributed by atoms with van der Waals surface area (Å²) in [6.07, 6.45) is 2.32. The summed E-state index contributed by atoms with van der Waals surface area (Å²) < 4.78 is 0. The lowest BCUT2D eigenvalue weighted by Crippen LogP contribution is -2.32. The van der Waals surface area contributed by atoms with Gasteiger partial charge < -0.3 is 10.4 Å². The maximum Gasteiger partial charge on any atom is 0.321 e. The van der Waals surface area contributed by atoms with Gasteiger partial charge in [-0.25, -0.2) is 4.79 Å². The molecule has 0 radical (unpaired) electrons. The summed E-state index contributed by atoms with van der Waals surface area (Å²) in [6.45, 7) is 4.67. The number of nitrogens with zero attached hydrogens (tertiary/aromatic N) is 2. The van der Waals surface area contributed by atoms with Crippen LogP contribution in [0.15, 0.2) is 18.2 Å². The fourth-order valence-corrected chi connectivity index (χ4v) is 3.83. The van der Waals surface area contributed by atoms with Gasteiger partial charge in [-0.05, 0) is 51.2 Å². The molecule has 6 nitrogen and oxygen atoms in total. The molecule has 1 aliphatic rings. The maximum atomic E-state index is 12.0. The fourth-order valence-electron chi connectivity index (χ4n) is 3.10. The van der Waals surface area contributed by atoms with Crippen LogP contribution in [-0.2, 0) is 0 Å². The van der Waals surface area contributed by atoms with E-state index in [-0.39, 0.29) is 12.1 Å². The van der Waals surface area contributed by atoms with E-state index in [1.807, 2.05) is 13.8 Å². The van der Waals surface area contributed by atoms with Gasteiger partial charge in [-0.2, -0.15) is 0 Å². The van der Waals surface area contributed by atoms with Crippen molar-refractivity contribution in [1.82, 2.24) is 15.5 Å². The predicted molar refractivity (Wildman–Crippen MR) is 95.2 cm³/mol. The van der Waals surface area contributed by atoms with E-state index in [9.17, 15) is 9.90 Å². The Labute approximate surface area is 145 Å². The number of benzene rings is 1. The zero-order chi connectivity index (χ0) is 17.1. The van der Waals surface area contributed by atoms with Crippen molar-refractivity contribution in [1.29, 1.82) is 0 Å². The molecule has 3 rings (SSSR count). The Morgan fingerprint density at radius 3 is 2.67 bits per heavy atom. The van der Waals surface area contributed by atoms with E-state index < -0.39 is 0 Å². The predicted octanol–water partition coefficient (Wildman–Crippen LogP) is 3.10. The summed E-state index contributed by atoms with van der Waals surface area (Å²) in [7, 11) is 0. The van der Waals surface area contributed by atoms with Crippen LogP contribution < -0.4 is 10.6 Å². The number of rotatable bonds is 4. The Bertz CT molecular complexity index is 711. The van der Waals surface area contributed by atoms with E-state index in [1.165, 1.54) is 22.5 Å². The molecule has 0 bridgehead atoms. The number of aromatic nitrogens is 2. The monoisotopic (exact) mass is 346 g/mol. The van der Waals surface area contributed by atoms with Crippen molar-refractivity contribution in [2.75, 3.05) is 11.9 Å². The largest absolute Gasteiger partial charge is 0.393 e. The molecule has 1 heterocycles. The van der Waals surface area contributed by atoms with Gasteiger partial charge in [0.2, 0.25) is 5.13 Å². The van der Waals surface area contributed by atoms with Crippen LogP contribution in [0.25, 0.3) is 10.6 Å². The maximum absolute atomic E-state index is 12.0. The van der Waals surface area contributed by atoms with Gasteiger partial charge in [0.25, 0.3) is 0 Å². The standard InChI is InChI=1S/C17H22N4O2S/c1-10-5-11(2)7-13(6-10)15-20-21-17(24-15)19-16(23)18-9-12-3-4-14(22)8-12/h5-7,12,14,22H,3-4,8-9H2,1-2H3,(H2,18,19,21,23)/t12-,14-/m1/s1. The van der Waals surface area contributed by atoms with E-state index in [4.69, 9.17) is 0 Å². The minimum absolute atomic E-state index is 0.219. The van der Waals surface area contributed by atoms with Crippen molar-refractivity contribution < 1.29 is 9.90 Å². The number of hydrogen-bond acceptors (Lipinski definition) is 5. The Morgan fingerprint density at radius 1 is 1.25 bits per heavy atom. The van der Waals surface area contributed by atoms with Crippen molar-refractivity contribution >= 4 is 22.5 Å². The van der Waals surface area contributed by atoms with Gasteiger partial charge in [0.15, 0.2) is 0 Å². The summed E-state index contributed by atoms with van der Waals surface area (Å²) in [6, 6.07) is 5.95. The molecule has 2 amide bonds. The number of nitrogens with one attached hydrogen (secondary N) is 2. The summed E-state index contributed by atoms with van der Waals surface area (Å²) in [5.74, 6) is 0.353. The average Bonchev–Trinajstić information content (AvgIpc) is 3.13. The van der Waals surface area contributed by atoms with Gasteiger partial charge in [0.1, 0.15) is 5.01 Å². The summed E-state index contributed by atoms with van der Waals surface area (Å²) in [5, 5.41) is 24.5. The second-order valence-electron chi connectivity index (χ2n) is 6.46. The number of aliphatic hydroxyl groups excluding tert-OH is 1. The van der Waals surface area contributed by atoms with Crippen LogP contribution in [-0.4, -0.2) is 34.0 Å². The molecule has 128 valence electrons. The Morgan fingerprint density at radius 2 is 2.00 bits per heavy atom. The minimum atomic E-state index is -0.278. The first-order valence-corrected chi connectivity index (χ1v) is 8.96. The van der Waals surface area contributed by atoms with Crippen molar-refractivity contribution in [3.63, 3.8) is 0 Å². The second-order valence-corrected chi connectivity index (χ2v) is 7.43. The van der Waals surface area contributed by atoms with Crippen molar-refractivity contribution in [2.24, 2.45) is 5.92 Å². The number of anilines is 1. The third-order valence-electron chi connectivity index (χ3n) is 4.18. The third-order valence-corrected chi connectivity index (χ3v) is 5.07. The van der Waals surface area contributed by atoms with Crippen LogP contribution in [0.5, 0.6) is 0 Å². The number of hydrogen-bond donors (Lipinski definition) is 3. The highest BCUT2D eigenvalue weighted by molar-refractivity contribution is 7.18. The molecule has 7 heteroatoms. The molecule has 24 heavy (non-hydrogen) atoms. The van der Waals surface area contributed by atoms with Gasteiger partial charge in [-0.3, -0.25) is 5.32 Å². The van der Waals surface area contributed by atoms with Crippen LogP contribution in [0.4, 0.5) is 9.93 Å². The van der Waals surface area contributed by atoms with Crippen LogP contribution >= 0.6 is 11.3 Å². The summed E-state index contributed by atoms with van der Waals surface area (Å²) in [5.41, 5.74) is 3.36. The normalized spacial score (nSPS) is 20.1. The summed E-state index contributed by atoms with van der Waals surface area (Å²) >= 11 is 1.36. The zero-order valence-corrected chi connectivity index (χ0v) is 14.7. The summed E-state index contributed by atoms with van der Waals surface area (Å²) in [4.78, 5) is 12.0. The number of carbonyl (C=O) groups is 1. The lowest BCUT2D eigenvalue weighted by atomic mass is 10.1. The molecule has 1 aromatic heterocycles. The van der Waals surface area contributed by atoms with E-state index in [0.29, 0.717) is 17.6 Å². The first kappa shape index (κ1) is 16.9. The van der Waals surface area contributed by atoms with E-state index in [2.05, 4.69) is 39.0 Å². The van der Waals surface area contributed by atoms with Crippen LogP contribution in [0.2, 0.25) is 0 Å². The van der Waals surface area contributed by atoms with Gasteiger partial charge >= 0.3 is 6.03 Å². The highest BCUT2D eigenvalue weighted by Crippen LogP contribution is 2.28. The topological polar surface area (TPSA) is 87.1 Å². The number of aryl methyl sites for hydroxylation is 2. The fraction of sp³-hybridized carbons (Fsp3) is 0.471. The zero-order valence-electron chi connectivity index (χ0n) is 13.9. The minimum Gasteiger partial charge on any atom is -0.393 e. The molecular formula is C17H22N4O2S. The van der Waals surface area contributed by atoms with Crippen LogP contribution in [0, 0.1) is 19.8 Å². The Kier molecular flexibility index (Phi) is 5.11. The lowest BCUT2D eigenvalue weighted by molar-refractivity contribution is 0.177. The van der Waals surface area contributed by atoms with Crippen molar-refractivity contribution in [3.8, 4) is 10.6 Å². The molecule has 0 saturated heterocycles. The van der Waals surface area contributed by atoms with Crippen molar-refractivity contribution in [2.45, 2.75) is 39.2 Å². The van der Waals surface area contributed by atoms with E-state index in [0.717, 1.165) is 29.8 Å². The molecule has 1 aromatic carbocycles. The molecule has 2 aromatic rings. The highest BCUT2D eigenvalue weighted by Gasteiger charge is 2.23. The van der Waals surface area contributed by atoms with E-state index in [1.54, 1.807) is 0 Å². The van der Waals surface area contributed by atoms with Gasteiger partial charge in [-0.15, -0.1) is 10.2 Å². The highest BCUT2D eigenvalue weighted by atomic mass is 32.1. The molecule has 0 aliphatic heterocycles. The van der Waals surface area contributed by atoms with E-state index >= 15 is 0 Å². The third kappa shape index (κ3) is 4.30. The quantitative estimate of drug-likeness (QED) is 0.794. The lowest BCUT2D eigenvalue weighted by Gasteiger charge is -2.10. The number of urea groups is 1. The molecule has 2 atom stereocenters. The molecular weight excluding hydrogens is 324 g/mol. The Balaban J connectivity index is 1.56. The smallest absolute Gasteiger partial charge is 0.321 e.